The molecule has 6 rings (SSSR count). The van der Waals surface area contributed by atoms with Gasteiger partial charge in [-0.25, -0.2) is 14.3 Å². The number of methoxy groups -OCH3 is 2. The number of hydrogen-bond donors (Lipinski definition) is 1. The Hall–Kier alpha value is -4.58. The van der Waals surface area contributed by atoms with Crippen molar-refractivity contribution in [2.45, 2.75) is 25.6 Å². The standard InChI is InChI=1S/C34H33Cl2N5O6/c1-45-25-10-3-21(4-11-25)18-37-34-38-29-19-39(31(42)22-5-12-27(35)28(36)17-22)14-13-26(29)32(43)41(34)24-8-6-23(7-9-24)40-15-16-47-20-30(40)33(44)46-2/h3-12,17,30H,13-16,18-20H2,1-2H3,(H,37,38). The third-order valence-corrected chi connectivity index (χ3v) is 9.08. The maximum absolute atomic E-state index is 14.2. The van der Waals surface area contributed by atoms with Gasteiger partial charge in [0.15, 0.2) is 6.04 Å². The topological polar surface area (TPSA) is 115 Å². The van der Waals surface area contributed by atoms with Crippen LogP contribution in [0.4, 0.5) is 11.6 Å². The Morgan fingerprint density at radius 2 is 1.72 bits per heavy atom. The van der Waals surface area contributed by atoms with E-state index >= 15 is 0 Å². The Morgan fingerprint density at radius 1 is 0.979 bits per heavy atom. The molecule has 0 bridgehead atoms. The van der Waals surface area contributed by atoms with Gasteiger partial charge in [-0.2, -0.15) is 0 Å². The van der Waals surface area contributed by atoms with Crippen LogP contribution >= 0.6 is 23.2 Å². The number of halogens is 2. The molecule has 13 heteroatoms. The molecule has 1 amide bonds. The SMILES string of the molecule is COC(=O)C1COCCN1c1ccc(-n2c(NCc3ccc(OC)cc3)nc3c(c2=O)CCN(C(=O)c2ccc(Cl)c(Cl)c2)C3)cc1. The van der Waals surface area contributed by atoms with Gasteiger partial charge in [-0.15, -0.1) is 0 Å². The van der Waals surface area contributed by atoms with E-state index in [-0.39, 0.29) is 30.6 Å². The monoisotopic (exact) mass is 677 g/mol. The van der Waals surface area contributed by atoms with E-state index in [4.69, 9.17) is 42.4 Å². The summed E-state index contributed by atoms with van der Waals surface area (Å²) >= 11 is 12.2. The van der Waals surface area contributed by atoms with Crippen LogP contribution in [0, 0.1) is 0 Å². The number of aromatic nitrogens is 2. The molecule has 1 unspecified atom stereocenters. The molecule has 0 radical (unpaired) electrons. The van der Waals surface area contributed by atoms with Crippen molar-refractivity contribution in [3.8, 4) is 11.4 Å². The highest BCUT2D eigenvalue weighted by Gasteiger charge is 2.31. The minimum atomic E-state index is -0.566. The van der Waals surface area contributed by atoms with Crippen molar-refractivity contribution in [1.29, 1.82) is 0 Å². The minimum Gasteiger partial charge on any atom is -0.497 e. The zero-order valence-corrected chi connectivity index (χ0v) is 27.4. The van der Waals surface area contributed by atoms with Crippen LogP contribution in [0.1, 0.15) is 27.2 Å². The number of amides is 1. The molecule has 3 heterocycles. The number of carbonyl (C=O) groups is 2. The quantitative estimate of drug-likeness (QED) is 0.264. The summed E-state index contributed by atoms with van der Waals surface area (Å²) in [5.74, 6) is 0.469. The first kappa shape index (κ1) is 32.4. The first-order valence-corrected chi connectivity index (χ1v) is 15.8. The highest BCUT2D eigenvalue weighted by Crippen LogP contribution is 2.27. The second-order valence-corrected chi connectivity index (χ2v) is 11.9. The largest absolute Gasteiger partial charge is 0.497 e. The van der Waals surface area contributed by atoms with E-state index in [2.05, 4.69) is 5.32 Å². The summed E-state index contributed by atoms with van der Waals surface area (Å²) in [6, 6.07) is 19.2. The van der Waals surface area contributed by atoms with Gasteiger partial charge in [0.1, 0.15) is 5.75 Å². The highest BCUT2D eigenvalue weighted by atomic mass is 35.5. The lowest BCUT2D eigenvalue weighted by Gasteiger charge is -2.35. The molecule has 3 aromatic carbocycles. The number of hydrogen-bond acceptors (Lipinski definition) is 9. The molecule has 47 heavy (non-hydrogen) atoms. The summed E-state index contributed by atoms with van der Waals surface area (Å²) in [6.07, 6.45) is 0.333. The van der Waals surface area contributed by atoms with Gasteiger partial charge in [0.05, 0.1) is 55.4 Å². The first-order chi connectivity index (χ1) is 22.8. The first-order valence-electron chi connectivity index (χ1n) is 15.1. The molecule has 1 fully saturated rings. The van der Waals surface area contributed by atoms with Gasteiger partial charge in [0.25, 0.3) is 11.5 Å². The highest BCUT2D eigenvalue weighted by molar-refractivity contribution is 6.42. The van der Waals surface area contributed by atoms with Crippen molar-refractivity contribution in [2.24, 2.45) is 0 Å². The molecule has 1 N–H and O–H groups in total. The Labute approximate surface area is 281 Å². The number of nitrogens with one attached hydrogen (secondary N) is 1. The molecule has 2 aliphatic rings. The molecule has 1 saturated heterocycles. The maximum Gasteiger partial charge on any atom is 0.330 e. The number of fused-ring (bicyclic) bond motifs is 1. The predicted molar refractivity (Wildman–Crippen MR) is 179 cm³/mol. The zero-order chi connectivity index (χ0) is 33.1. The van der Waals surface area contributed by atoms with Gasteiger partial charge in [-0.05, 0) is 66.6 Å². The molecular weight excluding hydrogens is 645 g/mol. The van der Waals surface area contributed by atoms with E-state index in [9.17, 15) is 14.4 Å². The van der Waals surface area contributed by atoms with Crippen LogP contribution in [-0.2, 0) is 33.8 Å². The fourth-order valence-electron chi connectivity index (χ4n) is 5.79. The molecule has 1 aromatic heterocycles. The molecular formula is C34H33Cl2N5O6. The number of esters is 1. The van der Waals surface area contributed by atoms with Crippen molar-refractivity contribution < 1.29 is 23.8 Å². The molecule has 4 aromatic rings. The summed E-state index contributed by atoms with van der Waals surface area (Å²) < 4.78 is 17.3. The van der Waals surface area contributed by atoms with Crippen molar-refractivity contribution in [3.63, 3.8) is 0 Å². The maximum atomic E-state index is 14.2. The predicted octanol–water partition coefficient (Wildman–Crippen LogP) is 4.74. The van der Waals surface area contributed by atoms with E-state index in [1.54, 1.807) is 34.8 Å². The second kappa shape index (κ2) is 14.0. The molecule has 0 saturated carbocycles. The summed E-state index contributed by atoms with van der Waals surface area (Å²) in [4.78, 5) is 48.5. The molecule has 0 aliphatic carbocycles. The van der Waals surface area contributed by atoms with Crippen molar-refractivity contribution in [1.82, 2.24) is 14.5 Å². The van der Waals surface area contributed by atoms with Gasteiger partial charge >= 0.3 is 5.97 Å². The second-order valence-electron chi connectivity index (χ2n) is 11.1. The molecule has 11 nitrogen and oxygen atoms in total. The lowest BCUT2D eigenvalue weighted by atomic mass is 10.0. The number of morpholine rings is 1. The van der Waals surface area contributed by atoms with E-state index in [0.717, 1.165) is 17.0 Å². The molecule has 0 spiro atoms. The lowest BCUT2D eigenvalue weighted by molar-refractivity contribution is -0.144. The molecule has 244 valence electrons. The minimum absolute atomic E-state index is 0.159. The van der Waals surface area contributed by atoms with Gasteiger partial charge in [-0.1, -0.05) is 35.3 Å². The van der Waals surface area contributed by atoms with E-state index in [0.29, 0.717) is 71.2 Å². The van der Waals surface area contributed by atoms with Crippen LogP contribution in [0.25, 0.3) is 5.69 Å². The van der Waals surface area contributed by atoms with Gasteiger partial charge in [-0.3, -0.25) is 9.59 Å². The number of benzene rings is 3. The molecule has 2 aliphatic heterocycles. The van der Waals surface area contributed by atoms with Gasteiger partial charge in [0, 0.05) is 36.4 Å². The zero-order valence-electron chi connectivity index (χ0n) is 25.9. The lowest BCUT2D eigenvalue weighted by Crippen LogP contribution is -2.50. The summed E-state index contributed by atoms with van der Waals surface area (Å²) in [5, 5.41) is 4.00. The fourth-order valence-corrected chi connectivity index (χ4v) is 6.09. The van der Waals surface area contributed by atoms with E-state index < -0.39 is 6.04 Å². The van der Waals surface area contributed by atoms with Crippen molar-refractivity contribution in [2.75, 3.05) is 50.7 Å². The average Bonchev–Trinajstić information content (AvgIpc) is 3.11. The third kappa shape index (κ3) is 6.78. The summed E-state index contributed by atoms with van der Waals surface area (Å²) in [6.45, 7) is 2.11. The summed E-state index contributed by atoms with van der Waals surface area (Å²) in [5.41, 5.74) is 3.61. The van der Waals surface area contributed by atoms with Crippen LogP contribution in [0.3, 0.4) is 0 Å². The van der Waals surface area contributed by atoms with Gasteiger partial charge < -0.3 is 29.3 Å². The summed E-state index contributed by atoms with van der Waals surface area (Å²) in [7, 11) is 2.97. The molecule has 1 atom stereocenters. The van der Waals surface area contributed by atoms with Crippen molar-refractivity contribution >= 4 is 46.7 Å². The van der Waals surface area contributed by atoms with Crippen LogP contribution in [0.15, 0.2) is 71.5 Å². The number of carbonyl (C=O) groups excluding carboxylic acids is 2. The number of ether oxygens (including phenoxy) is 3. The van der Waals surface area contributed by atoms with E-state index in [1.165, 1.54) is 7.11 Å². The van der Waals surface area contributed by atoms with Crippen LogP contribution in [-0.4, -0.2) is 72.9 Å². The Balaban J connectivity index is 1.34. The van der Waals surface area contributed by atoms with Crippen LogP contribution in [0.2, 0.25) is 10.0 Å². The Kier molecular flexibility index (Phi) is 9.67. The van der Waals surface area contributed by atoms with Crippen LogP contribution in [0.5, 0.6) is 5.75 Å². The Morgan fingerprint density at radius 3 is 2.43 bits per heavy atom. The normalized spacial score (nSPS) is 16.0. The van der Waals surface area contributed by atoms with Crippen LogP contribution < -0.4 is 20.5 Å². The fraction of sp³-hybridized carbons (Fsp3) is 0.294. The number of nitrogens with zero attached hydrogens (tertiary/aromatic N) is 4. The smallest absolute Gasteiger partial charge is 0.330 e. The van der Waals surface area contributed by atoms with Crippen molar-refractivity contribution in [3.05, 3.63) is 110 Å². The average molecular weight is 679 g/mol. The number of anilines is 2. The third-order valence-electron chi connectivity index (χ3n) is 8.34. The van der Waals surface area contributed by atoms with E-state index in [1.807, 2.05) is 53.4 Å². The number of rotatable bonds is 8. The van der Waals surface area contributed by atoms with Gasteiger partial charge in [0.2, 0.25) is 5.95 Å². The Bertz CT molecular complexity index is 1850.